The lowest BCUT2D eigenvalue weighted by atomic mass is 10.3. The second-order valence-electron chi connectivity index (χ2n) is 2.12. The molecule has 2 nitrogen and oxygen atoms in total. The summed E-state index contributed by atoms with van der Waals surface area (Å²) in [5.41, 5.74) is 0.0463. The van der Waals surface area contributed by atoms with Crippen molar-refractivity contribution in [2.75, 3.05) is 7.11 Å². The lowest BCUT2D eigenvalue weighted by molar-refractivity contribution is 0.299. The molecule has 0 spiro atoms. The molecule has 0 N–H and O–H groups in total. The van der Waals surface area contributed by atoms with Crippen LogP contribution >= 0.6 is 11.6 Å². The average Bonchev–Trinajstić information content (AvgIpc) is 2.15. The molecule has 0 aromatic carbocycles. The van der Waals surface area contributed by atoms with Crippen LogP contribution in [0.1, 0.15) is 27.7 Å². The summed E-state index contributed by atoms with van der Waals surface area (Å²) in [6, 6.07) is 0. The quantitative estimate of drug-likeness (QED) is 0.401. The van der Waals surface area contributed by atoms with E-state index in [4.69, 9.17) is 16.3 Å². The zero-order chi connectivity index (χ0) is 11.7. The Kier molecular flexibility index (Phi) is 9.78. The van der Waals surface area contributed by atoms with Crippen LogP contribution in [0.4, 0.5) is 4.39 Å². The summed E-state index contributed by atoms with van der Waals surface area (Å²) >= 11 is 5.47. The molecule has 0 saturated heterocycles. The van der Waals surface area contributed by atoms with Crippen molar-refractivity contribution in [3.63, 3.8) is 0 Å². The zero-order valence-corrected chi connectivity index (χ0v) is 10.1. The minimum Gasteiger partial charge on any atom is -0.495 e. The molecule has 0 radical (unpaired) electrons. The molecule has 0 bridgehead atoms. The van der Waals surface area contributed by atoms with Crippen LogP contribution in [0.2, 0.25) is 0 Å². The van der Waals surface area contributed by atoms with Crippen molar-refractivity contribution in [3.8, 4) is 0 Å². The van der Waals surface area contributed by atoms with Crippen LogP contribution in [0, 0.1) is 0 Å². The molecule has 0 aliphatic rings. The van der Waals surface area contributed by atoms with Gasteiger partial charge in [0.25, 0.3) is 0 Å². The van der Waals surface area contributed by atoms with Gasteiger partial charge in [0.15, 0.2) is 0 Å². The Bertz CT molecular complexity index is 239. The van der Waals surface area contributed by atoms with Gasteiger partial charge in [-0.2, -0.15) is 0 Å². The molecule has 0 aliphatic heterocycles. The summed E-state index contributed by atoms with van der Waals surface area (Å²) in [5, 5.41) is 0.236. The van der Waals surface area contributed by atoms with Crippen molar-refractivity contribution in [1.29, 1.82) is 0 Å². The number of hydrogen-bond donors (Lipinski definition) is 0. The van der Waals surface area contributed by atoms with Crippen LogP contribution in [0.5, 0.6) is 0 Å². The summed E-state index contributed by atoms with van der Waals surface area (Å²) in [6.45, 7) is 10.3. The van der Waals surface area contributed by atoms with Crippen LogP contribution in [0.3, 0.4) is 0 Å². The topological polar surface area (TPSA) is 21.6 Å². The Morgan fingerprint density at radius 1 is 1.36 bits per heavy atom. The van der Waals surface area contributed by atoms with E-state index < -0.39 is 5.83 Å². The molecule has 0 aromatic rings. The molecule has 0 amide bonds. The third-order valence-corrected chi connectivity index (χ3v) is 1.19. The standard InChI is InChI=1S/C8H11ClFNO.C2H6/c1-5(10)8(6(2)12-4)11-7(3)9;1-2/h2H2,1,3-4H3;1-2H3/b8-5+,11-7?;. The molecule has 0 rings (SSSR count). The minimum absolute atomic E-state index is 0.0463. The number of allylic oxidation sites excluding steroid dienone is 1. The third kappa shape index (κ3) is 6.66. The number of hydrogen-bond acceptors (Lipinski definition) is 2. The molecule has 0 unspecified atom stereocenters. The molecule has 0 atom stereocenters. The van der Waals surface area contributed by atoms with Crippen LogP contribution in [0.15, 0.2) is 28.9 Å². The lowest BCUT2D eigenvalue weighted by Gasteiger charge is -2.04. The molecule has 4 heteroatoms. The van der Waals surface area contributed by atoms with Gasteiger partial charge in [0.2, 0.25) is 0 Å². The molecular formula is C10H17ClFNO. The monoisotopic (exact) mass is 221 g/mol. The molecule has 0 saturated carbocycles. The van der Waals surface area contributed by atoms with Crippen molar-refractivity contribution in [2.45, 2.75) is 27.7 Å². The van der Waals surface area contributed by atoms with Crippen molar-refractivity contribution >= 4 is 16.8 Å². The predicted molar refractivity (Wildman–Crippen MR) is 60.3 cm³/mol. The Hall–Kier alpha value is -0.830. The summed E-state index contributed by atoms with van der Waals surface area (Å²) in [5.74, 6) is -0.308. The maximum atomic E-state index is 12.7. The van der Waals surface area contributed by atoms with Crippen molar-refractivity contribution < 1.29 is 9.13 Å². The first-order chi connectivity index (χ1) is 6.49. The average molecular weight is 222 g/mol. The largest absolute Gasteiger partial charge is 0.495 e. The van der Waals surface area contributed by atoms with Gasteiger partial charge in [0.1, 0.15) is 22.5 Å². The molecule has 14 heavy (non-hydrogen) atoms. The SMILES string of the molecule is C=C(OC)/C(N=C(C)Cl)=C(/C)F.CC. The van der Waals surface area contributed by atoms with E-state index in [1.807, 2.05) is 13.8 Å². The second kappa shape index (κ2) is 8.75. The number of aliphatic imine (C=N–C) groups is 1. The molecule has 0 aromatic heterocycles. The van der Waals surface area contributed by atoms with Crippen LogP contribution in [0.25, 0.3) is 0 Å². The van der Waals surface area contributed by atoms with E-state index in [1.54, 1.807) is 6.92 Å². The highest BCUT2D eigenvalue weighted by molar-refractivity contribution is 6.64. The fourth-order valence-electron chi connectivity index (χ4n) is 0.582. The van der Waals surface area contributed by atoms with E-state index in [0.717, 1.165) is 0 Å². The van der Waals surface area contributed by atoms with Crippen molar-refractivity contribution in [2.24, 2.45) is 4.99 Å². The second-order valence-corrected chi connectivity index (χ2v) is 2.67. The fourth-order valence-corrected chi connectivity index (χ4v) is 0.667. The Morgan fingerprint density at radius 3 is 2.00 bits per heavy atom. The molecule has 0 aliphatic carbocycles. The van der Waals surface area contributed by atoms with Gasteiger partial charge in [0, 0.05) is 0 Å². The highest BCUT2D eigenvalue weighted by atomic mass is 35.5. The number of nitrogens with zero attached hydrogens (tertiary/aromatic N) is 1. The van der Waals surface area contributed by atoms with Gasteiger partial charge in [-0.15, -0.1) is 0 Å². The highest BCUT2D eigenvalue weighted by Gasteiger charge is 2.05. The number of methoxy groups -OCH3 is 1. The number of halogens is 2. The molecular weight excluding hydrogens is 205 g/mol. The summed E-state index contributed by atoms with van der Waals surface area (Å²) in [7, 11) is 1.39. The number of rotatable bonds is 3. The first-order valence-electron chi connectivity index (χ1n) is 4.29. The van der Waals surface area contributed by atoms with Gasteiger partial charge in [-0.1, -0.05) is 32.0 Å². The Labute approximate surface area is 90.1 Å². The van der Waals surface area contributed by atoms with Gasteiger partial charge in [-0.25, -0.2) is 9.38 Å². The van der Waals surface area contributed by atoms with Crippen molar-refractivity contribution in [1.82, 2.24) is 0 Å². The van der Waals surface area contributed by atoms with Crippen LogP contribution < -0.4 is 0 Å². The van der Waals surface area contributed by atoms with Gasteiger partial charge < -0.3 is 4.74 Å². The Morgan fingerprint density at radius 2 is 1.79 bits per heavy atom. The van der Waals surface area contributed by atoms with Gasteiger partial charge in [0.05, 0.1) is 7.11 Å². The van der Waals surface area contributed by atoms with E-state index in [0.29, 0.717) is 0 Å². The van der Waals surface area contributed by atoms with Gasteiger partial charge in [-0.3, -0.25) is 0 Å². The third-order valence-electron chi connectivity index (χ3n) is 1.10. The first-order valence-corrected chi connectivity index (χ1v) is 4.67. The summed E-state index contributed by atoms with van der Waals surface area (Å²) < 4.78 is 17.5. The van der Waals surface area contributed by atoms with Crippen molar-refractivity contribution in [3.05, 3.63) is 23.9 Å². The first kappa shape index (κ1) is 15.6. The maximum absolute atomic E-state index is 12.7. The van der Waals surface area contributed by atoms with Gasteiger partial charge >= 0.3 is 0 Å². The van der Waals surface area contributed by atoms with E-state index in [-0.39, 0.29) is 16.6 Å². The highest BCUT2D eigenvalue weighted by Crippen LogP contribution is 2.16. The molecule has 0 fully saturated rings. The molecule has 82 valence electrons. The fraction of sp³-hybridized carbons (Fsp3) is 0.500. The maximum Gasteiger partial charge on any atom is 0.140 e. The Balaban J connectivity index is 0. The van der Waals surface area contributed by atoms with Crippen LogP contribution in [-0.2, 0) is 4.74 Å². The van der Waals surface area contributed by atoms with E-state index in [1.165, 1.54) is 14.0 Å². The van der Waals surface area contributed by atoms with E-state index >= 15 is 0 Å². The smallest absolute Gasteiger partial charge is 0.140 e. The zero-order valence-electron chi connectivity index (χ0n) is 9.32. The molecule has 0 heterocycles. The van der Waals surface area contributed by atoms with Crippen LogP contribution in [-0.4, -0.2) is 12.3 Å². The minimum atomic E-state index is -0.471. The lowest BCUT2D eigenvalue weighted by Crippen LogP contribution is -1.92. The summed E-state index contributed by atoms with van der Waals surface area (Å²) in [6.07, 6.45) is 0. The number of ether oxygens (including phenoxy) is 1. The predicted octanol–water partition coefficient (Wildman–Crippen LogP) is 4.03. The van der Waals surface area contributed by atoms with E-state index in [2.05, 4.69) is 11.6 Å². The van der Waals surface area contributed by atoms with E-state index in [9.17, 15) is 4.39 Å². The normalized spacial score (nSPS) is 12.4. The summed E-state index contributed by atoms with van der Waals surface area (Å²) in [4.78, 5) is 3.71. The van der Waals surface area contributed by atoms with Gasteiger partial charge in [-0.05, 0) is 13.8 Å².